The third kappa shape index (κ3) is 1.89. The number of nitrogens with zero attached hydrogens (tertiary/aromatic N) is 1. The highest BCUT2D eigenvalue weighted by atomic mass is 16.7. The van der Waals surface area contributed by atoms with Gasteiger partial charge in [-0.05, 0) is 11.6 Å². The number of nitrogens with one attached hydrogen (secondary N) is 2. The molecule has 2 aromatic rings. The number of rotatable bonds is 2. The lowest BCUT2D eigenvalue weighted by Crippen LogP contribution is -2.26. The van der Waals surface area contributed by atoms with E-state index in [0.29, 0.717) is 6.42 Å². The van der Waals surface area contributed by atoms with Crippen molar-refractivity contribution in [1.82, 2.24) is 10.3 Å². The summed E-state index contributed by atoms with van der Waals surface area (Å²) in [6.07, 6.45) is 1.77. The third-order valence-electron chi connectivity index (χ3n) is 3.65. The summed E-state index contributed by atoms with van der Waals surface area (Å²) in [6.45, 7) is 0.238. The van der Waals surface area contributed by atoms with Gasteiger partial charge in [-0.3, -0.25) is 10.1 Å². The molecule has 1 amide bonds. The van der Waals surface area contributed by atoms with Crippen molar-refractivity contribution in [2.45, 2.75) is 12.5 Å². The number of hydrogen-bond acceptors (Lipinski definition) is 5. The highest BCUT2D eigenvalue weighted by Gasteiger charge is 2.31. The highest BCUT2D eigenvalue weighted by Crippen LogP contribution is 2.37. The molecule has 1 fully saturated rings. The smallest absolute Gasteiger partial charge is 0.292 e. The van der Waals surface area contributed by atoms with Crippen LogP contribution in [0.25, 0.3) is 10.9 Å². The maximum Gasteiger partial charge on any atom is 0.292 e. The molecule has 21 heavy (non-hydrogen) atoms. The summed E-state index contributed by atoms with van der Waals surface area (Å²) >= 11 is 0. The van der Waals surface area contributed by atoms with E-state index in [2.05, 4.69) is 15.3 Å². The second-order valence-electron chi connectivity index (χ2n) is 4.89. The summed E-state index contributed by atoms with van der Waals surface area (Å²) in [7, 11) is 1.57. The van der Waals surface area contributed by atoms with E-state index in [9.17, 15) is 4.79 Å². The second-order valence-corrected chi connectivity index (χ2v) is 4.89. The largest absolute Gasteiger partial charge is 0.454 e. The Morgan fingerprint density at radius 3 is 2.90 bits per heavy atom. The van der Waals surface area contributed by atoms with Gasteiger partial charge in [0.1, 0.15) is 0 Å². The molecular formula is C14H13N3O4. The van der Waals surface area contributed by atoms with Crippen molar-refractivity contribution in [3.05, 3.63) is 23.9 Å². The molecule has 1 saturated heterocycles. The van der Waals surface area contributed by atoms with Gasteiger partial charge in [0.15, 0.2) is 17.6 Å². The van der Waals surface area contributed by atoms with Gasteiger partial charge in [0, 0.05) is 36.6 Å². The summed E-state index contributed by atoms with van der Waals surface area (Å²) in [5.74, 6) is 1.27. The molecule has 3 heterocycles. The van der Waals surface area contributed by atoms with E-state index in [1.165, 1.54) is 0 Å². The van der Waals surface area contributed by atoms with Crippen LogP contribution in [0, 0.1) is 0 Å². The molecule has 2 aliphatic heterocycles. The van der Waals surface area contributed by atoms with Crippen LogP contribution in [0.1, 0.15) is 5.56 Å². The molecule has 0 bridgehead atoms. The molecule has 1 unspecified atom stereocenters. The van der Waals surface area contributed by atoms with Crippen molar-refractivity contribution in [1.29, 1.82) is 0 Å². The van der Waals surface area contributed by atoms with E-state index in [0.717, 1.165) is 28.0 Å². The molecule has 2 N–H and O–H groups in total. The fraction of sp³-hybridized carbons (Fsp3) is 0.286. The van der Waals surface area contributed by atoms with Crippen LogP contribution in [-0.2, 0) is 16.0 Å². The summed E-state index contributed by atoms with van der Waals surface area (Å²) < 4.78 is 16.2. The first-order valence-electron chi connectivity index (χ1n) is 6.58. The Hall–Kier alpha value is -2.70. The van der Waals surface area contributed by atoms with Crippen LogP contribution in [-0.4, -0.2) is 36.9 Å². The quantitative estimate of drug-likeness (QED) is 0.861. The normalized spacial score (nSPS) is 21.9. The van der Waals surface area contributed by atoms with Crippen LogP contribution in [0.4, 0.5) is 0 Å². The van der Waals surface area contributed by atoms with E-state index < -0.39 is 6.10 Å². The third-order valence-corrected chi connectivity index (χ3v) is 3.65. The minimum atomic E-state index is -0.562. The molecule has 2 aliphatic rings. The topological polar surface area (TPSA) is 84.9 Å². The van der Waals surface area contributed by atoms with Crippen molar-refractivity contribution in [3.8, 4) is 11.5 Å². The van der Waals surface area contributed by atoms with Crippen LogP contribution in [0.3, 0.4) is 0 Å². The Labute approximate surface area is 119 Å². The molecule has 0 spiro atoms. The van der Waals surface area contributed by atoms with Crippen LogP contribution >= 0.6 is 0 Å². The van der Waals surface area contributed by atoms with E-state index in [1.807, 2.05) is 18.3 Å². The molecule has 0 radical (unpaired) electrons. The Morgan fingerprint density at radius 2 is 2.14 bits per heavy atom. The standard InChI is InChI=1S/C14H13N3O4/c1-15-14-17-13(18)12(21-14)2-7-5-16-9-4-11-10(3-8(7)9)19-6-20-11/h3-5,12,16H,2,6H2,1H3,(H,15,17,18). The first kappa shape index (κ1) is 12.1. The molecule has 0 aliphatic carbocycles. The number of fused-ring (bicyclic) bond motifs is 2. The zero-order valence-electron chi connectivity index (χ0n) is 11.3. The van der Waals surface area contributed by atoms with Crippen molar-refractivity contribution in [3.63, 3.8) is 0 Å². The number of H-pyrrole nitrogens is 1. The Morgan fingerprint density at radius 1 is 1.33 bits per heavy atom. The van der Waals surface area contributed by atoms with Gasteiger partial charge in [-0.25, -0.2) is 4.99 Å². The lowest BCUT2D eigenvalue weighted by molar-refractivity contribution is -0.123. The van der Waals surface area contributed by atoms with Crippen molar-refractivity contribution >= 4 is 22.8 Å². The number of hydrogen-bond donors (Lipinski definition) is 2. The first-order valence-corrected chi connectivity index (χ1v) is 6.58. The van der Waals surface area contributed by atoms with Gasteiger partial charge < -0.3 is 19.2 Å². The summed E-state index contributed by atoms with van der Waals surface area (Å²) in [4.78, 5) is 18.8. The molecule has 7 heteroatoms. The molecule has 1 aromatic heterocycles. The molecule has 7 nitrogen and oxygen atoms in total. The van der Waals surface area contributed by atoms with Gasteiger partial charge in [-0.1, -0.05) is 0 Å². The summed E-state index contributed by atoms with van der Waals surface area (Å²) in [5, 5.41) is 3.59. The van der Waals surface area contributed by atoms with Gasteiger partial charge in [-0.2, -0.15) is 0 Å². The zero-order valence-corrected chi connectivity index (χ0v) is 11.3. The van der Waals surface area contributed by atoms with E-state index in [1.54, 1.807) is 7.05 Å². The number of aromatic nitrogens is 1. The fourth-order valence-corrected chi connectivity index (χ4v) is 2.58. The molecule has 1 aromatic carbocycles. The minimum Gasteiger partial charge on any atom is -0.454 e. The average Bonchev–Trinajstić information content (AvgIpc) is 3.17. The monoisotopic (exact) mass is 287 g/mol. The highest BCUT2D eigenvalue weighted by molar-refractivity contribution is 6.02. The van der Waals surface area contributed by atoms with Gasteiger partial charge in [0.2, 0.25) is 6.79 Å². The van der Waals surface area contributed by atoms with E-state index in [-0.39, 0.29) is 18.7 Å². The Kier molecular flexibility index (Phi) is 2.53. The van der Waals surface area contributed by atoms with Crippen LogP contribution in [0.2, 0.25) is 0 Å². The summed E-state index contributed by atoms with van der Waals surface area (Å²) in [5.41, 5.74) is 1.93. The van der Waals surface area contributed by atoms with Crippen molar-refractivity contribution in [2.75, 3.05) is 13.8 Å². The minimum absolute atomic E-state index is 0.175. The van der Waals surface area contributed by atoms with Gasteiger partial charge in [0.05, 0.1) is 0 Å². The van der Waals surface area contributed by atoms with Crippen LogP contribution in [0.5, 0.6) is 11.5 Å². The number of aromatic amines is 1. The average molecular weight is 287 g/mol. The Balaban J connectivity index is 1.67. The summed E-state index contributed by atoms with van der Waals surface area (Å²) in [6, 6.07) is 4.09. The molecule has 4 rings (SSSR count). The van der Waals surface area contributed by atoms with E-state index in [4.69, 9.17) is 14.2 Å². The number of benzene rings is 1. The number of aliphatic imine (C=N–C) groups is 1. The van der Waals surface area contributed by atoms with Crippen molar-refractivity contribution in [2.24, 2.45) is 4.99 Å². The maximum atomic E-state index is 11.8. The Bertz CT molecular complexity index is 765. The second kappa shape index (κ2) is 4.41. The van der Waals surface area contributed by atoms with E-state index >= 15 is 0 Å². The zero-order chi connectivity index (χ0) is 14.4. The number of carbonyl (C=O) groups excluding carboxylic acids is 1. The van der Waals surface area contributed by atoms with Gasteiger partial charge in [-0.15, -0.1) is 0 Å². The first-order chi connectivity index (χ1) is 10.2. The predicted molar refractivity (Wildman–Crippen MR) is 74.5 cm³/mol. The number of carbonyl (C=O) groups is 1. The SMILES string of the molecule is CN=C1NC(=O)C(Cc2c[nH]c3cc4c(cc23)OCO4)O1. The molecule has 0 saturated carbocycles. The van der Waals surface area contributed by atoms with Crippen LogP contribution in [0.15, 0.2) is 23.3 Å². The lowest BCUT2D eigenvalue weighted by atomic mass is 10.1. The number of amides is 1. The van der Waals surface area contributed by atoms with Crippen molar-refractivity contribution < 1.29 is 19.0 Å². The van der Waals surface area contributed by atoms with Crippen LogP contribution < -0.4 is 14.8 Å². The van der Waals surface area contributed by atoms with Gasteiger partial charge in [0.25, 0.3) is 11.9 Å². The molecule has 1 atom stereocenters. The number of amidine groups is 1. The predicted octanol–water partition coefficient (Wildman–Crippen LogP) is 0.940. The number of ether oxygens (including phenoxy) is 3. The fourth-order valence-electron chi connectivity index (χ4n) is 2.58. The maximum absolute atomic E-state index is 11.8. The molecular weight excluding hydrogens is 274 g/mol. The molecule has 108 valence electrons. The lowest BCUT2D eigenvalue weighted by Gasteiger charge is -2.06. The van der Waals surface area contributed by atoms with Gasteiger partial charge >= 0.3 is 0 Å².